The standard InChI is InChI=1S/C11H19N3OS/c1-2-7-12-11-13-10(14-15-11)8-16-9-5-3-4-6-9/h9H,2-8H2,1H3,(H,12,13,14). The zero-order valence-electron chi connectivity index (χ0n) is 9.74. The van der Waals surface area contributed by atoms with Crippen LogP contribution in [0.15, 0.2) is 4.52 Å². The lowest BCUT2D eigenvalue weighted by Gasteiger charge is -2.04. The van der Waals surface area contributed by atoms with Crippen molar-refractivity contribution in [3.05, 3.63) is 5.82 Å². The van der Waals surface area contributed by atoms with Gasteiger partial charge in [0.05, 0.1) is 5.75 Å². The molecule has 1 aliphatic rings. The van der Waals surface area contributed by atoms with Crippen LogP contribution in [0.1, 0.15) is 44.9 Å². The van der Waals surface area contributed by atoms with E-state index in [1.807, 2.05) is 11.8 Å². The van der Waals surface area contributed by atoms with E-state index in [2.05, 4.69) is 22.4 Å². The molecule has 0 bridgehead atoms. The van der Waals surface area contributed by atoms with E-state index in [1.54, 1.807) is 0 Å². The zero-order chi connectivity index (χ0) is 11.2. The second-order valence-corrected chi connectivity index (χ2v) is 5.45. The summed E-state index contributed by atoms with van der Waals surface area (Å²) in [5, 5.41) is 7.86. The van der Waals surface area contributed by atoms with E-state index in [-0.39, 0.29) is 0 Å². The molecular weight excluding hydrogens is 222 g/mol. The number of nitrogens with one attached hydrogen (secondary N) is 1. The van der Waals surface area contributed by atoms with Crippen LogP contribution in [0.25, 0.3) is 0 Å². The van der Waals surface area contributed by atoms with Gasteiger partial charge in [0.2, 0.25) is 0 Å². The molecule has 2 rings (SSSR count). The molecule has 1 saturated carbocycles. The summed E-state index contributed by atoms with van der Waals surface area (Å²) in [5.41, 5.74) is 0. The quantitative estimate of drug-likeness (QED) is 0.829. The molecule has 5 heteroatoms. The molecule has 0 saturated heterocycles. The summed E-state index contributed by atoms with van der Waals surface area (Å²) in [6.07, 6.45) is 6.53. The van der Waals surface area contributed by atoms with Crippen molar-refractivity contribution in [2.75, 3.05) is 11.9 Å². The molecule has 0 aliphatic heterocycles. The van der Waals surface area contributed by atoms with Crippen LogP contribution in [0.2, 0.25) is 0 Å². The summed E-state index contributed by atoms with van der Waals surface area (Å²) < 4.78 is 5.10. The highest BCUT2D eigenvalue weighted by Gasteiger charge is 2.16. The van der Waals surface area contributed by atoms with Gasteiger partial charge in [0, 0.05) is 11.8 Å². The summed E-state index contributed by atoms with van der Waals surface area (Å²) in [7, 11) is 0. The minimum absolute atomic E-state index is 0.559. The van der Waals surface area contributed by atoms with Crippen LogP contribution in [-0.4, -0.2) is 21.9 Å². The first kappa shape index (κ1) is 11.8. The van der Waals surface area contributed by atoms with E-state index < -0.39 is 0 Å². The third-order valence-corrected chi connectivity index (χ3v) is 4.11. The van der Waals surface area contributed by atoms with Crippen molar-refractivity contribution in [3.8, 4) is 0 Å². The largest absolute Gasteiger partial charge is 0.338 e. The van der Waals surface area contributed by atoms with Crippen molar-refractivity contribution in [2.45, 2.75) is 50.0 Å². The van der Waals surface area contributed by atoms with Gasteiger partial charge in [-0.05, 0) is 19.3 Å². The summed E-state index contributed by atoms with van der Waals surface area (Å²) >= 11 is 1.96. The van der Waals surface area contributed by atoms with Gasteiger partial charge in [-0.1, -0.05) is 24.9 Å². The first-order valence-corrected chi connectivity index (χ1v) is 7.11. The Kier molecular flexibility index (Phi) is 4.51. The van der Waals surface area contributed by atoms with Gasteiger partial charge in [0.25, 0.3) is 0 Å². The third-order valence-electron chi connectivity index (χ3n) is 2.74. The molecule has 0 spiro atoms. The molecule has 1 N–H and O–H groups in total. The minimum Gasteiger partial charge on any atom is -0.338 e. The number of rotatable bonds is 6. The summed E-state index contributed by atoms with van der Waals surface area (Å²) in [5.74, 6) is 1.69. The molecule has 90 valence electrons. The topological polar surface area (TPSA) is 51.0 Å². The SMILES string of the molecule is CCCNc1nc(CSC2CCCC2)no1. The molecule has 1 fully saturated rings. The monoisotopic (exact) mass is 241 g/mol. The summed E-state index contributed by atoms with van der Waals surface area (Å²) in [4.78, 5) is 4.30. The van der Waals surface area contributed by atoms with Crippen LogP contribution in [0.4, 0.5) is 6.01 Å². The Morgan fingerprint density at radius 2 is 2.25 bits per heavy atom. The highest BCUT2D eigenvalue weighted by Crippen LogP contribution is 2.31. The molecule has 0 unspecified atom stereocenters. The second kappa shape index (κ2) is 6.13. The van der Waals surface area contributed by atoms with Gasteiger partial charge in [-0.2, -0.15) is 16.7 Å². The molecule has 1 heterocycles. The van der Waals surface area contributed by atoms with E-state index in [4.69, 9.17) is 4.52 Å². The second-order valence-electron chi connectivity index (χ2n) is 4.16. The smallest absolute Gasteiger partial charge is 0.321 e. The fourth-order valence-electron chi connectivity index (χ4n) is 1.86. The fraction of sp³-hybridized carbons (Fsp3) is 0.818. The number of nitrogens with zero attached hydrogens (tertiary/aromatic N) is 2. The lowest BCUT2D eigenvalue weighted by Crippen LogP contribution is -2.00. The van der Waals surface area contributed by atoms with Gasteiger partial charge in [-0.15, -0.1) is 0 Å². The average Bonchev–Trinajstić information content (AvgIpc) is 2.95. The van der Waals surface area contributed by atoms with Crippen LogP contribution >= 0.6 is 11.8 Å². The fourth-order valence-corrected chi connectivity index (χ4v) is 3.03. The molecule has 0 aromatic carbocycles. The minimum atomic E-state index is 0.559. The number of anilines is 1. The molecule has 1 aliphatic carbocycles. The Morgan fingerprint density at radius 1 is 1.44 bits per heavy atom. The highest BCUT2D eigenvalue weighted by molar-refractivity contribution is 7.99. The predicted octanol–water partition coefficient (Wildman–Crippen LogP) is 3.07. The van der Waals surface area contributed by atoms with Crippen molar-refractivity contribution in [1.29, 1.82) is 0 Å². The molecule has 0 atom stereocenters. The first-order chi connectivity index (χ1) is 7.88. The molecule has 0 radical (unpaired) electrons. The zero-order valence-corrected chi connectivity index (χ0v) is 10.6. The lowest BCUT2D eigenvalue weighted by atomic mass is 10.4. The molecule has 1 aromatic heterocycles. The molecule has 16 heavy (non-hydrogen) atoms. The Morgan fingerprint density at radius 3 is 3.00 bits per heavy atom. The van der Waals surface area contributed by atoms with Crippen LogP contribution < -0.4 is 5.32 Å². The van der Waals surface area contributed by atoms with Crippen molar-refractivity contribution >= 4 is 17.8 Å². The van der Waals surface area contributed by atoms with Crippen LogP contribution in [-0.2, 0) is 5.75 Å². The van der Waals surface area contributed by atoms with E-state index >= 15 is 0 Å². The molecule has 0 amide bonds. The molecule has 1 aromatic rings. The lowest BCUT2D eigenvalue weighted by molar-refractivity contribution is 0.425. The van der Waals surface area contributed by atoms with Crippen LogP contribution in [0.3, 0.4) is 0 Å². The number of hydrogen-bond acceptors (Lipinski definition) is 5. The Labute approximate surface area is 101 Å². The Bertz CT molecular complexity index is 310. The number of hydrogen-bond donors (Lipinski definition) is 1. The van der Waals surface area contributed by atoms with Gasteiger partial charge >= 0.3 is 6.01 Å². The van der Waals surface area contributed by atoms with Gasteiger partial charge < -0.3 is 9.84 Å². The predicted molar refractivity (Wildman–Crippen MR) is 66.6 cm³/mol. The average molecular weight is 241 g/mol. The molecule has 4 nitrogen and oxygen atoms in total. The van der Waals surface area contributed by atoms with Crippen molar-refractivity contribution < 1.29 is 4.52 Å². The third kappa shape index (κ3) is 3.40. The van der Waals surface area contributed by atoms with Gasteiger partial charge in [-0.3, -0.25) is 0 Å². The van der Waals surface area contributed by atoms with Crippen molar-refractivity contribution in [3.63, 3.8) is 0 Å². The normalized spacial score (nSPS) is 16.8. The first-order valence-electron chi connectivity index (χ1n) is 6.06. The van der Waals surface area contributed by atoms with Gasteiger partial charge in [0.15, 0.2) is 5.82 Å². The van der Waals surface area contributed by atoms with E-state index in [1.165, 1.54) is 25.7 Å². The van der Waals surface area contributed by atoms with Crippen LogP contribution in [0.5, 0.6) is 0 Å². The van der Waals surface area contributed by atoms with E-state index in [0.717, 1.165) is 29.8 Å². The highest BCUT2D eigenvalue weighted by atomic mass is 32.2. The Hall–Kier alpha value is -0.710. The maximum atomic E-state index is 5.10. The van der Waals surface area contributed by atoms with E-state index in [9.17, 15) is 0 Å². The maximum Gasteiger partial charge on any atom is 0.321 e. The van der Waals surface area contributed by atoms with Crippen molar-refractivity contribution in [2.24, 2.45) is 0 Å². The Balaban J connectivity index is 1.73. The van der Waals surface area contributed by atoms with Crippen LogP contribution in [0, 0.1) is 0 Å². The van der Waals surface area contributed by atoms with Gasteiger partial charge in [0.1, 0.15) is 0 Å². The summed E-state index contributed by atoms with van der Waals surface area (Å²) in [6, 6.07) is 0.559. The van der Waals surface area contributed by atoms with Crippen molar-refractivity contribution in [1.82, 2.24) is 10.1 Å². The van der Waals surface area contributed by atoms with Gasteiger partial charge in [-0.25, -0.2) is 0 Å². The number of aromatic nitrogens is 2. The maximum absolute atomic E-state index is 5.10. The summed E-state index contributed by atoms with van der Waals surface area (Å²) in [6.45, 7) is 3.00. The molecular formula is C11H19N3OS. The van der Waals surface area contributed by atoms with E-state index in [0.29, 0.717) is 6.01 Å². The number of thioether (sulfide) groups is 1.